The minimum Gasteiger partial charge on any atom is -0.349 e. The lowest BCUT2D eigenvalue weighted by Crippen LogP contribution is -2.28. The molecule has 0 saturated carbocycles. The first-order chi connectivity index (χ1) is 11.8. The molecule has 134 valence electrons. The van der Waals surface area contributed by atoms with E-state index >= 15 is 0 Å². The summed E-state index contributed by atoms with van der Waals surface area (Å²) in [5.41, 5.74) is 1.60. The Kier molecular flexibility index (Phi) is 4.78. The number of carbonyl (C=O) groups excluding carboxylic acids is 1. The summed E-state index contributed by atoms with van der Waals surface area (Å²) in [6.07, 6.45) is 1.73. The molecule has 0 aromatic carbocycles. The van der Waals surface area contributed by atoms with Crippen molar-refractivity contribution in [2.45, 2.75) is 51.4 Å². The van der Waals surface area contributed by atoms with Gasteiger partial charge in [0.25, 0.3) is 0 Å². The standard InChI is InChI=1S/C17H19F3N4O/c1-11(12-5-6-15(21-9-12)17(18,19)20)23-16(25)8-13-10-22-24-7-3-2-4-14(13)24/h5-6,9-11H,2-4,7-8H2,1H3,(H,23,25)/t11-/m1/s1. The third-order valence-corrected chi connectivity index (χ3v) is 4.37. The molecule has 1 aliphatic rings. The van der Waals surface area contributed by atoms with E-state index in [-0.39, 0.29) is 12.3 Å². The van der Waals surface area contributed by atoms with Crippen molar-refractivity contribution in [2.75, 3.05) is 0 Å². The van der Waals surface area contributed by atoms with Crippen molar-refractivity contribution in [1.82, 2.24) is 20.1 Å². The molecular weight excluding hydrogens is 333 g/mol. The van der Waals surface area contributed by atoms with Gasteiger partial charge in [-0.3, -0.25) is 14.5 Å². The summed E-state index contributed by atoms with van der Waals surface area (Å²) in [6, 6.07) is 1.84. The van der Waals surface area contributed by atoms with E-state index in [0.717, 1.165) is 49.3 Å². The summed E-state index contributed by atoms with van der Waals surface area (Å²) < 4.78 is 39.6. The number of carbonyl (C=O) groups is 1. The van der Waals surface area contributed by atoms with Crippen LogP contribution < -0.4 is 5.32 Å². The molecule has 0 spiro atoms. The summed E-state index contributed by atoms with van der Waals surface area (Å²) in [6.45, 7) is 2.60. The van der Waals surface area contributed by atoms with Crippen molar-refractivity contribution in [3.8, 4) is 0 Å². The minimum absolute atomic E-state index is 0.186. The third kappa shape index (κ3) is 4.00. The minimum atomic E-state index is -4.47. The zero-order valence-electron chi connectivity index (χ0n) is 13.8. The fourth-order valence-electron chi connectivity index (χ4n) is 3.01. The number of fused-ring (bicyclic) bond motifs is 1. The lowest BCUT2D eigenvalue weighted by atomic mass is 10.0. The second kappa shape index (κ2) is 6.85. The largest absolute Gasteiger partial charge is 0.433 e. The number of hydrogen-bond donors (Lipinski definition) is 1. The summed E-state index contributed by atoms with van der Waals surface area (Å²) in [7, 11) is 0. The van der Waals surface area contributed by atoms with E-state index < -0.39 is 17.9 Å². The number of nitrogens with zero attached hydrogens (tertiary/aromatic N) is 3. The molecule has 2 aromatic heterocycles. The van der Waals surface area contributed by atoms with Crippen LogP contribution in [0.3, 0.4) is 0 Å². The molecule has 3 rings (SSSR count). The molecule has 1 amide bonds. The van der Waals surface area contributed by atoms with Gasteiger partial charge in [-0.1, -0.05) is 6.07 Å². The molecule has 8 heteroatoms. The van der Waals surface area contributed by atoms with Crippen molar-refractivity contribution in [3.05, 3.63) is 47.0 Å². The van der Waals surface area contributed by atoms with Crippen molar-refractivity contribution < 1.29 is 18.0 Å². The monoisotopic (exact) mass is 352 g/mol. The highest BCUT2D eigenvalue weighted by molar-refractivity contribution is 5.79. The number of amides is 1. The lowest BCUT2D eigenvalue weighted by molar-refractivity contribution is -0.141. The van der Waals surface area contributed by atoms with Gasteiger partial charge in [-0.25, -0.2) is 0 Å². The average Bonchev–Trinajstić information content (AvgIpc) is 2.97. The molecule has 0 aliphatic carbocycles. The number of aromatic nitrogens is 3. The molecule has 0 radical (unpaired) electrons. The number of halogens is 3. The Bertz CT molecular complexity index is 752. The number of nitrogens with one attached hydrogen (secondary N) is 1. The molecule has 1 N–H and O–H groups in total. The highest BCUT2D eigenvalue weighted by Crippen LogP contribution is 2.28. The Morgan fingerprint density at radius 3 is 2.80 bits per heavy atom. The first-order valence-electron chi connectivity index (χ1n) is 8.20. The Balaban J connectivity index is 1.62. The van der Waals surface area contributed by atoms with Crippen LogP contribution in [0.1, 0.15) is 48.3 Å². The summed E-state index contributed by atoms with van der Waals surface area (Å²) >= 11 is 0. The molecule has 5 nitrogen and oxygen atoms in total. The molecule has 3 heterocycles. The topological polar surface area (TPSA) is 59.8 Å². The van der Waals surface area contributed by atoms with Crippen LogP contribution >= 0.6 is 0 Å². The van der Waals surface area contributed by atoms with Crippen molar-refractivity contribution in [1.29, 1.82) is 0 Å². The number of pyridine rings is 1. The molecule has 0 saturated heterocycles. The fraction of sp³-hybridized carbons (Fsp3) is 0.471. The van der Waals surface area contributed by atoms with E-state index in [1.165, 1.54) is 6.07 Å². The fourth-order valence-corrected chi connectivity index (χ4v) is 3.01. The smallest absolute Gasteiger partial charge is 0.349 e. The quantitative estimate of drug-likeness (QED) is 0.920. The summed E-state index contributed by atoms with van der Waals surface area (Å²) in [5, 5.41) is 7.10. The second-order valence-corrected chi connectivity index (χ2v) is 6.24. The number of alkyl halides is 3. The number of rotatable bonds is 4. The van der Waals surface area contributed by atoms with Gasteiger partial charge < -0.3 is 5.32 Å². The molecule has 2 aromatic rings. The SMILES string of the molecule is C[C@@H](NC(=O)Cc1cnn2c1CCCC2)c1ccc(C(F)(F)F)nc1. The predicted molar refractivity (Wildman–Crippen MR) is 84.7 cm³/mol. The van der Waals surface area contributed by atoms with Crippen LogP contribution in [-0.4, -0.2) is 20.7 Å². The van der Waals surface area contributed by atoms with E-state index in [9.17, 15) is 18.0 Å². The molecule has 25 heavy (non-hydrogen) atoms. The second-order valence-electron chi connectivity index (χ2n) is 6.24. The zero-order valence-corrected chi connectivity index (χ0v) is 13.8. The Morgan fingerprint density at radius 2 is 2.12 bits per heavy atom. The van der Waals surface area contributed by atoms with Gasteiger partial charge in [0.05, 0.1) is 18.7 Å². The lowest BCUT2D eigenvalue weighted by Gasteiger charge is -2.16. The third-order valence-electron chi connectivity index (χ3n) is 4.37. The van der Waals surface area contributed by atoms with Crippen LogP contribution in [0.4, 0.5) is 13.2 Å². The number of hydrogen-bond acceptors (Lipinski definition) is 3. The maximum absolute atomic E-state index is 12.5. The highest BCUT2D eigenvalue weighted by atomic mass is 19.4. The van der Waals surface area contributed by atoms with Gasteiger partial charge in [0.1, 0.15) is 5.69 Å². The maximum atomic E-state index is 12.5. The first-order valence-corrected chi connectivity index (χ1v) is 8.20. The zero-order chi connectivity index (χ0) is 18.0. The van der Waals surface area contributed by atoms with E-state index in [2.05, 4.69) is 15.4 Å². The van der Waals surface area contributed by atoms with Crippen LogP contribution in [0.2, 0.25) is 0 Å². The Labute approximate surface area is 143 Å². The number of aryl methyl sites for hydroxylation is 1. The molecule has 0 fully saturated rings. The molecule has 0 bridgehead atoms. The van der Waals surface area contributed by atoms with Crippen LogP contribution in [0.25, 0.3) is 0 Å². The van der Waals surface area contributed by atoms with Gasteiger partial charge >= 0.3 is 6.18 Å². The van der Waals surface area contributed by atoms with E-state index in [1.807, 2.05) is 4.68 Å². The summed E-state index contributed by atoms with van der Waals surface area (Å²) in [5.74, 6) is -0.186. The first kappa shape index (κ1) is 17.4. The van der Waals surface area contributed by atoms with E-state index in [4.69, 9.17) is 0 Å². The van der Waals surface area contributed by atoms with E-state index in [0.29, 0.717) is 5.56 Å². The van der Waals surface area contributed by atoms with Gasteiger partial charge in [0.2, 0.25) is 5.91 Å². The van der Waals surface area contributed by atoms with Crippen molar-refractivity contribution in [2.24, 2.45) is 0 Å². The van der Waals surface area contributed by atoms with Crippen molar-refractivity contribution >= 4 is 5.91 Å². The van der Waals surface area contributed by atoms with Crippen LogP contribution in [0.15, 0.2) is 24.5 Å². The van der Waals surface area contributed by atoms with E-state index in [1.54, 1.807) is 13.1 Å². The maximum Gasteiger partial charge on any atom is 0.433 e. The van der Waals surface area contributed by atoms with Gasteiger partial charge in [0.15, 0.2) is 0 Å². The van der Waals surface area contributed by atoms with Crippen LogP contribution in [0.5, 0.6) is 0 Å². The van der Waals surface area contributed by atoms with Gasteiger partial charge in [-0.15, -0.1) is 0 Å². The van der Waals surface area contributed by atoms with Crippen LogP contribution in [0, 0.1) is 0 Å². The average molecular weight is 352 g/mol. The van der Waals surface area contributed by atoms with Crippen LogP contribution in [-0.2, 0) is 30.4 Å². The predicted octanol–water partition coefficient (Wildman–Crippen LogP) is 3.05. The molecular formula is C17H19F3N4O. The molecule has 0 unspecified atom stereocenters. The molecule has 1 atom stereocenters. The normalized spacial score (nSPS) is 15.5. The van der Waals surface area contributed by atoms with Crippen molar-refractivity contribution in [3.63, 3.8) is 0 Å². The highest BCUT2D eigenvalue weighted by Gasteiger charge is 2.32. The molecule has 1 aliphatic heterocycles. The van der Waals surface area contributed by atoms with Gasteiger partial charge in [0, 0.05) is 24.0 Å². The van der Waals surface area contributed by atoms with Gasteiger partial charge in [-0.05, 0) is 37.8 Å². The summed E-state index contributed by atoms with van der Waals surface area (Å²) in [4.78, 5) is 15.7. The van der Waals surface area contributed by atoms with Gasteiger partial charge in [-0.2, -0.15) is 18.3 Å². The Hall–Kier alpha value is -2.38. The Morgan fingerprint density at radius 1 is 1.32 bits per heavy atom.